The summed E-state index contributed by atoms with van der Waals surface area (Å²) in [7, 11) is -3.15. The van der Waals surface area contributed by atoms with Crippen LogP contribution in [0.25, 0.3) is 11.1 Å². The van der Waals surface area contributed by atoms with Crippen LogP contribution in [0.1, 0.15) is 6.42 Å². The van der Waals surface area contributed by atoms with Crippen molar-refractivity contribution >= 4 is 21.7 Å². The molecule has 1 fully saturated rings. The van der Waals surface area contributed by atoms with Crippen LogP contribution in [0, 0.1) is 5.92 Å². The van der Waals surface area contributed by atoms with E-state index >= 15 is 0 Å². The number of hydrogen-bond donors (Lipinski definition) is 2. The summed E-state index contributed by atoms with van der Waals surface area (Å²) in [5.41, 5.74) is 6.33. The third kappa shape index (κ3) is 5.07. The first-order chi connectivity index (χ1) is 12.9. The lowest BCUT2D eigenvalue weighted by Gasteiger charge is -2.13. The predicted molar refractivity (Wildman–Crippen MR) is 100 cm³/mol. The minimum Gasteiger partial charge on any atom is -0.483 e. The summed E-state index contributed by atoms with van der Waals surface area (Å²) >= 11 is 0. The first-order valence-electron chi connectivity index (χ1n) is 8.51. The van der Waals surface area contributed by atoms with Crippen molar-refractivity contribution in [2.24, 2.45) is 5.92 Å². The van der Waals surface area contributed by atoms with E-state index in [1.807, 2.05) is 48.5 Å². The van der Waals surface area contributed by atoms with Crippen LogP contribution >= 0.6 is 0 Å². The van der Waals surface area contributed by atoms with Crippen LogP contribution in [0.2, 0.25) is 0 Å². The zero-order valence-corrected chi connectivity index (χ0v) is 15.4. The van der Waals surface area contributed by atoms with Gasteiger partial charge in [0.2, 0.25) is 5.91 Å². The Balaban J connectivity index is 1.52. The van der Waals surface area contributed by atoms with Crippen molar-refractivity contribution in [3.8, 4) is 16.9 Å². The molecule has 1 saturated heterocycles. The lowest BCUT2D eigenvalue weighted by atomic mass is 10.1. The first kappa shape index (κ1) is 18.9. The maximum absolute atomic E-state index is 11.9. The Morgan fingerprint density at radius 2 is 1.70 bits per heavy atom. The molecule has 7 nitrogen and oxygen atoms in total. The third-order valence-corrected chi connectivity index (χ3v) is 6.03. The van der Waals surface area contributed by atoms with Crippen LogP contribution in [0.3, 0.4) is 0 Å². The van der Waals surface area contributed by atoms with Gasteiger partial charge in [-0.3, -0.25) is 20.4 Å². The normalized spacial score (nSPS) is 17.9. The minimum atomic E-state index is -3.15. The lowest BCUT2D eigenvalue weighted by molar-refractivity contribution is -0.131. The number of hydrazine groups is 1. The van der Waals surface area contributed by atoms with Gasteiger partial charge in [-0.15, -0.1) is 0 Å². The first-order valence-corrected chi connectivity index (χ1v) is 10.3. The zero-order valence-electron chi connectivity index (χ0n) is 14.6. The molecule has 0 radical (unpaired) electrons. The number of carbonyl (C=O) groups excluding carboxylic acids is 2. The molecule has 1 aliphatic heterocycles. The van der Waals surface area contributed by atoms with E-state index in [2.05, 4.69) is 10.9 Å². The highest BCUT2D eigenvalue weighted by molar-refractivity contribution is 7.91. The monoisotopic (exact) mass is 388 g/mol. The van der Waals surface area contributed by atoms with E-state index in [9.17, 15) is 18.0 Å². The number of ether oxygens (including phenoxy) is 1. The number of sulfone groups is 1. The molecular formula is C19H20N2O5S. The van der Waals surface area contributed by atoms with E-state index in [0.717, 1.165) is 11.1 Å². The van der Waals surface area contributed by atoms with Gasteiger partial charge in [0.25, 0.3) is 5.91 Å². The molecule has 1 atom stereocenters. The average Bonchev–Trinajstić information content (AvgIpc) is 3.05. The maximum Gasteiger partial charge on any atom is 0.276 e. The summed E-state index contributed by atoms with van der Waals surface area (Å²) in [6.07, 6.45) is 0.269. The fraction of sp³-hybridized carbons (Fsp3) is 0.263. The number of nitrogens with one attached hydrogen (secondary N) is 2. The Kier molecular flexibility index (Phi) is 5.75. The standard InChI is InChI=1S/C19H20N2O5S/c22-18(20-21-19(23)15-10-11-27(24,25)13-15)12-26-17-9-5-4-8-16(17)14-6-2-1-3-7-14/h1-9,15H,10-13H2,(H,20,22)(H,21,23)/t15-/m0/s1. The summed E-state index contributed by atoms with van der Waals surface area (Å²) in [6.45, 7) is -0.285. The second-order valence-electron chi connectivity index (χ2n) is 6.29. The quantitative estimate of drug-likeness (QED) is 0.752. The van der Waals surface area contributed by atoms with Crippen molar-refractivity contribution in [3.05, 3.63) is 54.6 Å². The van der Waals surface area contributed by atoms with Crippen LogP contribution in [0.15, 0.2) is 54.6 Å². The molecule has 1 aliphatic rings. The Morgan fingerprint density at radius 1 is 1.00 bits per heavy atom. The number of amides is 2. The molecule has 0 aliphatic carbocycles. The summed E-state index contributed by atoms with van der Waals surface area (Å²) in [5, 5.41) is 0. The number of hydrogen-bond acceptors (Lipinski definition) is 5. The van der Waals surface area contributed by atoms with Crippen molar-refractivity contribution < 1.29 is 22.7 Å². The molecule has 0 unspecified atom stereocenters. The fourth-order valence-corrected chi connectivity index (χ4v) is 4.60. The largest absolute Gasteiger partial charge is 0.483 e. The van der Waals surface area contributed by atoms with Crippen molar-refractivity contribution in [1.29, 1.82) is 0 Å². The van der Waals surface area contributed by atoms with Crippen LogP contribution in [-0.4, -0.2) is 38.3 Å². The SMILES string of the molecule is O=C(COc1ccccc1-c1ccccc1)NNC(=O)[C@H]1CCS(=O)(=O)C1. The van der Waals surface area contributed by atoms with Gasteiger partial charge in [0.1, 0.15) is 5.75 Å². The number of carbonyl (C=O) groups is 2. The van der Waals surface area contributed by atoms with Gasteiger partial charge in [0, 0.05) is 5.56 Å². The molecule has 27 heavy (non-hydrogen) atoms. The summed E-state index contributed by atoms with van der Waals surface area (Å²) in [6, 6.07) is 17.0. The topological polar surface area (TPSA) is 102 Å². The van der Waals surface area contributed by atoms with Crippen molar-refractivity contribution in [1.82, 2.24) is 10.9 Å². The molecule has 2 amide bonds. The second-order valence-corrected chi connectivity index (χ2v) is 8.52. The number of benzene rings is 2. The number of para-hydroxylation sites is 1. The fourth-order valence-electron chi connectivity index (χ4n) is 2.86. The van der Waals surface area contributed by atoms with Crippen molar-refractivity contribution in [2.45, 2.75) is 6.42 Å². The Morgan fingerprint density at radius 3 is 2.41 bits per heavy atom. The van der Waals surface area contributed by atoms with Gasteiger partial charge in [-0.25, -0.2) is 8.42 Å². The molecule has 0 aromatic heterocycles. The third-order valence-electron chi connectivity index (χ3n) is 4.26. The summed E-state index contributed by atoms with van der Waals surface area (Å²) in [5.74, 6) is -1.31. The van der Waals surface area contributed by atoms with Crippen LogP contribution in [0.5, 0.6) is 5.75 Å². The molecule has 0 saturated carbocycles. The molecule has 142 valence electrons. The average molecular weight is 388 g/mol. The van der Waals surface area contributed by atoms with Gasteiger partial charge in [-0.1, -0.05) is 48.5 Å². The highest BCUT2D eigenvalue weighted by Crippen LogP contribution is 2.29. The van der Waals surface area contributed by atoms with E-state index in [1.165, 1.54) is 0 Å². The Labute approximate surface area is 157 Å². The van der Waals surface area contributed by atoms with Crippen LogP contribution in [-0.2, 0) is 19.4 Å². The smallest absolute Gasteiger partial charge is 0.276 e. The van der Waals surface area contributed by atoms with Gasteiger partial charge < -0.3 is 4.74 Å². The molecular weight excluding hydrogens is 368 g/mol. The minimum absolute atomic E-state index is 0.00157. The predicted octanol–water partition coefficient (Wildman–Crippen LogP) is 1.31. The zero-order chi connectivity index (χ0) is 19.3. The Hall–Kier alpha value is -2.87. The highest BCUT2D eigenvalue weighted by Gasteiger charge is 2.33. The van der Waals surface area contributed by atoms with Crippen molar-refractivity contribution in [2.75, 3.05) is 18.1 Å². The van der Waals surface area contributed by atoms with Crippen LogP contribution < -0.4 is 15.6 Å². The van der Waals surface area contributed by atoms with E-state index in [-0.39, 0.29) is 24.5 Å². The number of rotatable bonds is 5. The summed E-state index contributed by atoms with van der Waals surface area (Å²) in [4.78, 5) is 23.9. The highest BCUT2D eigenvalue weighted by atomic mass is 32.2. The van der Waals surface area contributed by atoms with Gasteiger partial charge >= 0.3 is 0 Å². The summed E-state index contributed by atoms with van der Waals surface area (Å²) < 4.78 is 28.4. The molecule has 2 N–H and O–H groups in total. The van der Waals surface area contributed by atoms with Crippen LogP contribution in [0.4, 0.5) is 0 Å². The molecule has 2 aromatic rings. The van der Waals surface area contributed by atoms with E-state index in [0.29, 0.717) is 5.75 Å². The van der Waals surface area contributed by atoms with Gasteiger partial charge in [-0.05, 0) is 18.1 Å². The van der Waals surface area contributed by atoms with E-state index in [1.54, 1.807) is 6.07 Å². The molecule has 2 aromatic carbocycles. The molecule has 0 spiro atoms. The molecule has 3 rings (SSSR count). The second kappa shape index (κ2) is 8.22. The Bertz CT molecular complexity index is 928. The molecule has 8 heteroatoms. The van der Waals surface area contributed by atoms with E-state index < -0.39 is 27.6 Å². The molecule has 1 heterocycles. The van der Waals surface area contributed by atoms with E-state index in [4.69, 9.17) is 4.74 Å². The van der Waals surface area contributed by atoms with Gasteiger partial charge in [0.05, 0.1) is 17.4 Å². The molecule has 0 bridgehead atoms. The lowest BCUT2D eigenvalue weighted by Crippen LogP contribution is -2.46. The van der Waals surface area contributed by atoms with Gasteiger partial charge in [0.15, 0.2) is 16.4 Å². The van der Waals surface area contributed by atoms with Gasteiger partial charge in [-0.2, -0.15) is 0 Å². The maximum atomic E-state index is 11.9. The van der Waals surface area contributed by atoms with Crippen molar-refractivity contribution in [3.63, 3.8) is 0 Å².